The van der Waals surface area contributed by atoms with Crippen LogP contribution < -0.4 is 5.32 Å². The van der Waals surface area contributed by atoms with E-state index in [9.17, 15) is 14.4 Å². The van der Waals surface area contributed by atoms with Crippen molar-refractivity contribution in [2.75, 3.05) is 25.0 Å². The highest BCUT2D eigenvalue weighted by Crippen LogP contribution is 2.38. The third-order valence-electron chi connectivity index (χ3n) is 4.51. The number of ether oxygens (including phenoxy) is 1. The third kappa shape index (κ3) is 5.06. The highest BCUT2D eigenvalue weighted by Gasteiger charge is 2.27. The normalized spacial score (nSPS) is 13.0. The molecule has 0 saturated heterocycles. The molecular formula is C19H28N2O4S. The highest BCUT2D eigenvalue weighted by atomic mass is 32.1. The molecule has 0 spiro atoms. The van der Waals surface area contributed by atoms with E-state index in [2.05, 4.69) is 12.2 Å². The maximum absolute atomic E-state index is 12.7. The van der Waals surface area contributed by atoms with Crippen LogP contribution in [-0.2, 0) is 27.2 Å². The Morgan fingerprint density at radius 3 is 2.58 bits per heavy atom. The third-order valence-corrected chi connectivity index (χ3v) is 5.71. The van der Waals surface area contributed by atoms with Crippen LogP contribution in [0.4, 0.5) is 5.00 Å². The van der Waals surface area contributed by atoms with E-state index >= 15 is 0 Å². The molecule has 1 aliphatic carbocycles. The molecular weight excluding hydrogens is 352 g/mol. The number of nitrogens with zero attached hydrogens (tertiary/aromatic N) is 1. The van der Waals surface area contributed by atoms with Gasteiger partial charge in [-0.3, -0.25) is 9.59 Å². The minimum atomic E-state index is -0.520. The molecule has 0 unspecified atom stereocenters. The Morgan fingerprint density at radius 1 is 1.19 bits per heavy atom. The van der Waals surface area contributed by atoms with Crippen molar-refractivity contribution in [3.63, 3.8) is 0 Å². The van der Waals surface area contributed by atoms with Crippen LogP contribution in [0.2, 0.25) is 0 Å². The summed E-state index contributed by atoms with van der Waals surface area (Å²) in [6.07, 6.45) is 5.76. The van der Waals surface area contributed by atoms with E-state index in [0.717, 1.165) is 49.0 Å². The molecule has 0 atom stereocenters. The summed E-state index contributed by atoms with van der Waals surface area (Å²) in [5.74, 6) is -0.919. The molecule has 0 aliphatic heterocycles. The van der Waals surface area contributed by atoms with Crippen molar-refractivity contribution < 1.29 is 19.1 Å². The van der Waals surface area contributed by atoms with Gasteiger partial charge >= 0.3 is 5.97 Å². The second kappa shape index (κ2) is 9.71. The van der Waals surface area contributed by atoms with Crippen LogP contribution in [0.15, 0.2) is 0 Å². The van der Waals surface area contributed by atoms with Gasteiger partial charge in [0.2, 0.25) is 5.91 Å². The van der Waals surface area contributed by atoms with Crippen LogP contribution in [0.5, 0.6) is 0 Å². The predicted molar refractivity (Wildman–Crippen MR) is 103 cm³/mol. The molecule has 1 N–H and O–H groups in total. The van der Waals surface area contributed by atoms with E-state index in [1.165, 1.54) is 18.3 Å². The molecule has 7 heteroatoms. The van der Waals surface area contributed by atoms with E-state index in [0.29, 0.717) is 23.7 Å². The number of anilines is 1. The number of hydrogen-bond acceptors (Lipinski definition) is 5. The average molecular weight is 381 g/mol. The molecule has 2 rings (SSSR count). The largest absolute Gasteiger partial charge is 0.452 e. The van der Waals surface area contributed by atoms with Crippen molar-refractivity contribution in [1.82, 2.24) is 4.90 Å². The van der Waals surface area contributed by atoms with Crippen LogP contribution in [0.1, 0.15) is 67.3 Å². The van der Waals surface area contributed by atoms with Gasteiger partial charge in [0.1, 0.15) is 5.00 Å². The standard InChI is InChI=1S/C19H28N2O4S/c1-4-6-11-21(5-2)16(23)12-25-19(24)17-14-9-7-8-10-15(14)26-18(17)20-13(3)22/h4-12H2,1-3H3,(H,20,22). The van der Waals surface area contributed by atoms with Crippen LogP contribution in [0, 0.1) is 0 Å². The van der Waals surface area contributed by atoms with E-state index < -0.39 is 5.97 Å². The molecule has 1 aromatic rings. The van der Waals surface area contributed by atoms with Gasteiger partial charge < -0.3 is 15.0 Å². The van der Waals surface area contributed by atoms with E-state index in [-0.39, 0.29) is 18.4 Å². The fourth-order valence-electron chi connectivity index (χ4n) is 3.13. The van der Waals surface area contributed by atoms with Crippen LogP contribution in [0.25, 0.3) is 0 Å². The monoisotopic (exact) mass is 380 g/mol. The Hall–Kier alpha value is -1.89. The number of rotatable bonds is 8. The predicted octanol–water partition coefficient (Wildman–Crippen LogP) is 3.39. The van der Waals surface area contributed by atoms with Crippen LogP contribution in [0.3, 0.4) is 0 Å². The number of amides is 2. The van der Waals surface area contributed by atoms with Gasteiger partial charge in [-0.1, -0.05) is 13.3 Å². The van der Waals surface area contributed by atoms with E-state index in [1.54, 1.807) is 4.90 Å². The Bertz CT molecular complexity index is 669. The quantitative estimate of drug-likeness (QED) is 0.702. The van der Waals surface area contributed by atoms with Gasteiger partial charge in [0.05, 0.1) is 5.56 Å². The number of carbonyl (C=O) groups excluding carboxylic acids is 3. The van der Waals surface area contributed by atoms with Gasteiger partial charge in [-0.2, -0.15) is 0 Å². The summed E-state index contributed by atoms with van der Waals surface area (Å²) in [4.78, 5) is 39.3. The molecule has 1 aromatic heterocycles. The fraction of sp³-hybridized carbons (Fsp3) is 0.632. The first-order valence-electron chi connectivity index (χ1n) is 9.34. The number of nitrogens with one attached hydrogen (secondary N) is 1. The maximum Gasteiger partial charge on any atom is 0.341 e. The van der Waals surface area contributed by atoms with Gasteiger partial charge in [-0.25, -0.2) is 4.79 Å². The minimum Gasteiger partial charge on any atom is -0.452 e. The van der Waals surface area contributed by atoms with E-state index in [1.807, 2.05) is 6.92 Å². The number of likely N-dealkylation sites (N-methyl/N-ethyl adjacent to an activating group) is 1. The maximum atomic E-state index is 12.7. The first-order chi connectivity index (χ1) is 12.5. The lowest BCUT2D eigenvalue weighted by molar-refractivity contribution is -0.134. The molecule has 2 amide bonds. The van der Waals surface area contributed by atoms with Crippen molar-refractivity contribution in [1.29, 1.82) is 0 Å². The first kappa shape index (κ1) is 20.4. The molecule has 26 heavy (non-hydrogen) atoms. The fourth-order valence-corrected chi connectivity index (χ4v) is 4.45. The number of aryl methyl sites for hydroxylation is 1. The van der Waals surface area contributed by atoms with Gasteiger partial charge in [-0.15, -0.1) is 11.3 Å². The number of carbonyl (C=O) groups is 3. The average Bonchev–Trinajstić information content (AvgIpc) is 2.97. The zero-order valence-corrected chi connectivity index (χ0v) is 16.7. The number of hydrogen-bond donors (Lipinski definition) is 1. The summed E-state index contributed by atoms with van der Waals surface area (Å²) < 4.78 is 5.32. The zero-order chi connectivity index (χ0) is 19.1. The lowest BCUT2D eigenvalue weighted by Gasteiger charge is -2.20. The molecule has 0 saturated carbocycles. The Labute approximate surface area is 158 Å². The number of esters is 1. The van der Waals surface area contributed by atoms with Crippen molar-refractivity contribution in [2.45, 2.75) is 59.3 Å². The molecule has 0 fully saturated rings. The second-order valence-electron chi connectivity index (χ2n) is 6.50. The molecule has 0 aromatic carbocycles. The van der Waals surface area contributed by atoms with Gasteiger partial charge in [0.25, 0.3) is 5.91 Å². The van der Waals surface area contributed by atoms with Gasteiger partial charge in [-0.05, 0) is 44.6 Å². The van der Waals surface area contributed by atoms with Crippen LogP contribution in [-0.4, -0.2) is 42.4 Å². The number of thiophene rings is 1. The molecule has 6 nitrogen and oxygen atoms in total. The van der Waals surface area contributed by atoms with E-state index in [4.69, 9.17) is 4.74 Å². The topological polar surface area (TPSA) is 75.7 Å². The lowest BCUT2D eigenvalue weighted by atomic mass is 9.95. The summed E-state index contributed by atoms with van der Waals surface area (Å²) in [6.45, 7) is 6.42. The molecule has 1 heterocycles. The Morgan fingerprint density at radius 2 is 1.92 bits per heavy atom. The van der Waals surface area contributed by atoms with Crippen molar-refractivity contribution in [3.8, 4) is 0 Å². The highest BCUT2D eigenvalue weighted by molar-refractivity contribution is 7.17. The second-order valence-corrected chi connectivity index (χ2v) is 7.60. The zero-order valence-electron chi connectivity index (χ0n) is 15.9. The number of fused-ring (bicyclic) bond motifs is 1. The smallest absolute Gasteiger partial charge is 0.341 e. The SMILES string of the molecule is CCCCN(CC)C(=O)COC(=O)c1c(NC(C)=O)sc2c1CCCC2. The lowest BCUT2D eigenvalue weighted by Crippen LogP contribution is -2.35. The molecule has 0 radical (unpaired) electrons. The van der Waals surface area contributed by atoms with Gasteiger partial charge in [0.15, 0.2) is 6.61 Å². The summed E-state index contributed by atoms with van der Waals surface area (Å²) in [6, 6.07) is 0. The summed E-state index contributed by atoms with van der Waals surface area (Å²) in [7, 11) is 0. The summed E-state index contributed by atoms with van der Waals surface area (Å²) in [5.41, 5.74) is 1.41. The summed E-state index contributed by atoms with van der Waals surface area (Å²) >= 11 is 1.45. The van der Waals surface area contributed by atoms with Crippen molar-refractivity contribution in [2.24, 2.45) is 0 Å². The summed E-state index contributed by atoms with van der Waals surface area (Å²) in [5, 5.41) is 3.29. The number of unbranched alkanes of at least 4 members (excludes halogenated alkanes) is 1. The minimum absolute atomic E-state index is 0.181. The molecule has 0 bridgehead atoms. The Kier molecular flexibility index (Phi) is 7.63. The molecule has 1 aliphatic rings. The van der Waals surface area contributed by atoms with Crippen LogP contribution >= 0.6 is 11.3 Å². The van der Waals surface area contributed by atoms with Crippen molar-refractivity contribution in [3.05, 3.63) is 16.0 Å². The first-order valence-corrected chi connectivity index (χ1v) is 10.2. The van der Waals surface area contributed by atoms with Gasteiger partial charge in [0, 0.05) is 24.9 Å². The molecule has 144 valence electrons. The van der Waals surface area contributed by atoms with Crippen molar-refractivity contribution >= 4 is 34.1 Å². The Balaban J connectivity index is 2.09.